The molecule has 0 heteroatoms. The van der Waals surface area contributed by atoms with Crippen molar-refractivity contribution in [1.82, 2.24) is 0 Å². The van der Waals surface area contributed by atoms with E-state index >= 15 is 0 Å². The summed E-state index contributed by atoms with van der Waals surface area (Å²) in [5.41, 5.74) is 21.4. The molecule has 0 nitrogen and oxygen atoms in total. The second kappa shape index (κ2) is 13.5. The molecule has 0 N–H and O–H groups in total. The highest BCUT2D eigenvalue weighted by molar-refractivity contribution is 6.31. The van der Waals surface area contributed by atoms with Gasteiger partial charge in [-0.1, -0.05) is 168 Å². The van der Waals surface area contributed by atoms with E-state index in [9.17, 15) is 0 Å². The highest BCUT2D eigenvalue weighted by atomic mass is 14.3. The van der Waals surface area contributed by atoms with E-state index in [4.69, 9.17) is 0 Å². The molecule has 0 aromatic heterocycles. The number of hydrogen-bond acceptors (Lipinski definition) is 0. The molecule has 10 aromatic carbocycles. The second-order valence-corrected chi connectivity index (χ2v) is 23.9. The summed E-state index contributed by atoms with van der Waals surface area (Å²) in [6.45, 7) is 28.2. The van der Waals surface area contributed by atoms with Crippen LogP contribution >= 0.6 is 0 Å². The Bertz CT molecular complexity index is 3480. The van der Waals surface area contributed by atoms with Gasteiger partial charge in [-0.15, -0.1) is 0 Å². The van der Waals surface area contributed by atoms with E-state index in [1.807, 2.05) is 0 Å². The minimum absolute atomic E-state index is 0.00503. The average Bonchev–Trinajstić information content (AvgIpc) is 3.75. The lowest BCUT2D eigenvalue weighted by atomic mass is 9.81. The summed E-state index contributed by atoms with van der Waals surface area (Å²) in [4.78, 5) is 0. The maximum atomic E-state index is 2.58. The lowest BCUT2D eigenvalue weighted by Crippen LogP contribution is -2.12. The maximum Gasteiger partial charge on any atom is -0.00139 e. The maximum absolute atomic E-state index is 2.58. The summed E-state index contributed by atoms with van der Waals surface area (Å²) in [5, 5.41) is 13.3. The number of benzene rings is 10. The third kappa shape index (κ3) is 6.10. The lowest BCUT2D eigenvalue weighted by Gasteiger charge is -2.23. The molecule has 0 fully saturated rings. The molecule has 324 valence electrons. The topological polar surface area (TPSA) is 0 Å². The van der Waals surface area contributed by atoms with Crippen molar-refractivity contribution in [3.63, 3.8) is 0 Å². The molecule has 0 bridgehead atoms. The standard InChI is InChI=1S/C66H60/c1-63(2,3)43-23-41-25-45(65(7,8)9)33-57-53-35-49-39(29-51(53)55(31-43)59(41)57)27-47(37-19-15-13-16-20-37)62-50-36-54-52(30-40(50)28-48(61(49)62)38-21-17-14-18-22-38)56-32-44(64(4,5)6)24-42-26-46(66(10,11)12)34-58(54)60(42)56/h13-36H,1-12H3. The first-order valence-electron chi connectivity index (χ1n) is 24.2. The fourth-order valence-electron chi connectivity index (χ4n) is 11.4. The Balaban J connectivity index is 1.25. The van der Waals surface area contributed by atoms with E-state index in [2.05, 4.69) is 229 Å². The van der Waals surface area contributed by atoms with Gasteiger partial charge in [0.25, 0.3) is 0 Å². The first-order chi connectivity index (χ1) is 31.2. The van der Waals surface area contributed by atoms with Gasteiger partial charge < -0.3 is 0 Å². The number of fused-ring (bicyclic) bond motifs is 11. The highest BCUT2D eigenvalue weighted by Gasteiger charge is 2.31. The molecular weight excluding hydrogens is 793 g/mol. The third-order valence-corrected chi connectivity index (χ3v) is 15.2. The van der Waals surface area contributed by atoms with Gasteiger partial charge in [-0.2, -0.15) is 0 Å². The van der Waals surface area contributed by atoms with E-state index in [1.165, 1.54) is 143 Å². The molecule has 0 saturated carbocycles. The van der Waals surface area contributed by atoms with Crippen LogP contribution in [0.15, 0.2) is 146 Å². The molecule has 66 heavy (non-hydrogen) atoms. The number of hydrogen-bond donors (Lipinski definition) is 0. The first-order valence-corrected chi connectivity index (χ1v) is 24.2. The van der Waals surface area contributed by atoms with Crippen molar-refractivity contribution in [2.45, 2.75) is 105 Å². The molecule has 0 aliphatic heterocycles. The fourth-order valence-corrected chi connectivity index (χ4v) is 11.4. The normalized spacial score (nSPS) is 13.5. The summed E-state index contributed by atoms with van der Waals surface area (Å²) >= 11 is 0. The van der Waals surface area contributed by atoms with Crippen LogP contribution in [0.2, 0.25) is 0 Å². The Hall–Kier alpha value is -6.50. The molecule has 0 radical (unpaired) electrons. The summed E-state index contributed by atoms with van der Waals surface area (Å²) in [6.07, 6.45) is 0. The van der Waals surface area contributed by atoms with Gasteiger partial charge in [0.05, 0.1) is 0 Å². The van der Waals surface area contributed by atoms with E-state index in [0.717, 1.165) is 0 Å². The molecule has 10 aromatic rings. The van der Waals surface area contributed by atoms with Crippen molar-refractivity contribution >= 4 is 53.9 Å². The summed E-state index contributed by atoms with van der Waals surface area (Å²) < 4.78 is 0. The van der Waals surface area contributed by atoms with Crippen LogP contribution in [0.5, 0.6) is 0 Å². The Morgan fingerprint density at radius 1 is 0.227 bits per heavy atom. The van der Waals surface area contributed by atoms with E-state index in [0.29, 0.717) is 0 Å². The molecule has 0 spiro atoms. The molecular formula is C66H60. The smallest absolute Gasteiger partial charge is 0.00139 e. The van der Waals surface area contributed by atoms with Crippen molar-refractivity contribution in [3.8, 4) is 66.8 Å². The van der Waals surface area contributed by atoms with Gasteiger partial charge in [0.1, 0.15) is 0 Å². The van der Waals surface area contributed by atoms with Gasteiger partial charge in [-0.25, -0.2) is 0 Å². The predicted octanol–water partition coefficient (Wildman–Crippen LogP) is 19.3. The van der Waals surface area contributed by atoms with Gasteiger partial charge in [0.2, 0.25) is 0 Å². The van der Waals surface area contributed by atoms with Crippen LogP contribution in [0.25, 0.3) is 121 Å². The second-order valence-electron chi connectivity index (χ2n) is 23.9. The van der Waals surface area contributed by atoms with Crippen LogP contribution in [0.3, 0.4) is 0 Å². The molecule has 0 unspecified atom stereocenters. The van der Waals surface area contributed by atoms with Crippen LogP contribution in [0.1, 0.15) is 105 Å². The monoisotopic (exact) mass is 852 g/mol. The summed E-state index contributed by atoms with van der Waals surface area (Å²) in [5.74, 6) is 0. The van der Waals surface area contributed by atoms with Gasteiger partial charge in [-0.05, 0) is 225 Å². The van der Waals surface area contributed by atoms with E-state index < -0.39 is 0 Å². The fraction of sp³-hybridized carbons (Fsp3) is 0.242. The van der Waals surface area contributed by atoms with Crippen molar-refractivity contribution in [2.75, 3.05) is 0 Å². The van der Waals surface area contributed by atoms with Crippen LogP contribution in [-0.2, 0) is 21.7 Å². The zero-order valence-corrected chi connectivity index (χ0v) is 40.9. The average molecular weight is 853 g/mol. The van der Waals surface area contributed by atoms with Gasteiger partial charge in [-0.3, -0.25) is 0 Å². The van der Waals surface area contributed by atoms with Gasteiger partial charge in [0.15, 0.2) is 0 Å². The third-order valence-electron chi connectivity index (χ3n) is 15.2. The highest BCUT2D eigenvalue weighted by Crippen LogP contribution is 2.56. The molecule has 2 aliphatic carbocycles. The summed E-state index contributed by atoms with van der Waals surface area (Å²) in [6, 6.07) is 57.5. The Morgan fingerprint density at radius 3 is 0.788 bits per heavy atom. The van der Waals surface area contributed by atoms with Crippen LogP contribution in [-0.4, -0.2) is 0 Å². The van der Waals surface area contributed by atoms with E-state index in [-0.39, 0.29) is 21.7 Å². The summed E-state index contributed by atoms with van der Waals surface area (Å²) in [7, 11) is 0. The molecule has 12 rings (SSSR count). The van der Waals surface area contributed by atoms with Crippen LogP contribution in [0, 0.1) is 0 Å². The zero-order valence-electron chi connectivity index (χ0n) is 40.9. The van der Waals surface area contributed by atoms with Crippen LogP contribution in [0.4, 0.5) is 0 Å². The zero-order chi connectivity index (χ0) is 46.0. The SMILES string of the molecule is CC(C)(C)c1cc2c3c(cc(C(C)(C)C)cc3c1)-c1cc3c(cc1-2)cc(-c1ccccc1)c1c2cc4c(cc2cc(-c2ccccc2)c31)-c1cc(C(C)(C)C)cc2cc(C(C)(C)C)cc-4c12. The van der Waals surface area contributed by atoms with Gasteiger partial charge >= 0.3 is 0 Å². The Labute approximate surface area is 391 Å². The molecule has 0 saturated heterocycles. The molecule has 0 amide bonds. The Kier molecular flexibility index (Phi) is 8.41. The van der Waals surface area contributed by atoms with Crippen molar-refractivity contribution < 1.29 is 0 Å². The largest absolute Gasteiger partial charge is 0.0622 e. The quantitative estimate of drug-likeness (QED) is 0.152. The first kappa shape index (κ1) is 41.0. The Morgan fingerprint density at radius 2 is 0.500 bits per heavy atom. The van der Waals surface area contributed by atoms with Crippen molar-refractivity contribution in [3.05, 3.63) is 168 Å². The molecule has 0 atom stereocenters. The van der Waals surface area contributed by atoms with E-state index in [1.54, 1.807) is 0 Å². The molecule has 0 heterocycles. The van der Waals surface area contributed by atoms with Crippen molar-refractivity contribution in [2.24, 2.45) is 0 Å². The predicted molar refractivity (Wildman–Crippen MR) is 289 cm³/mol. The van der Waals surface area contributed by atoms with Crippen molar-refractivity contribution in [1.29, 1.82) is 0 Å². The number of rotatable bonds is 2. The minimum Gasteiger partial charge on any atom is -0.0622 e. The lowest BCUT2D eigenvalue weighted by molar-refractivity contribution is 0.589. The molecule has 2 aliphatic rings. The van der Waals surface area contributed by atoms with Crippen LogP contribution < -0.4 is 0 Å². The minimum atomic E-state index is 0.00503. The van der Waals surface area contributed by atoms with Gasteiger partial charge in [0, 0.05) is 0 Å².